The van der Waals surface area contributed by atoms with E-state index >= 15 is 0 Å². The van der Waals surface area contributed by atoms with Crippen LogP contribution in [0.25, 0.3) is 0 Å². The molecule has 1 atom stereocenters. The second-order valence-electron chi connectivity index (χ2n) is 5.27. The van der Waals surface area contributed by atoms with Gasteiger partial charge in [-0.25, -0.2) is 0 Å². The van der Waals surface area contributed by atoms with Gasteiger partial charge in [-0.3, -0.25) is 4.79 Å². The molecule has 1 heterocycles. The average Bonchev–Trinajstić information content (AvgIpc) is 2.30. The van der Waals surface area contributed by atoms with Gasteiger partial charge in [-0.05, 0) is 38.5 Å². The number of ether oxygens (including phenoxy) is 1. The molecule has 1 unspecified atom stereocenters. The highest BCUT2D eigenvalue weighted by Gasteiger charge is 2.26. The van der Waals surface area contributed by atoms with E-state index in [9.17, 15) is 4.79 Å². The molecule has 0 radical (unpaired) electrons. The van der Waals surface area contributed by atoms with Crippen molar-refractivity contribution in [1.29, 1.82) is 0 Å². The predicted molar refractivity (Wildman–Crippen MR) is 68.7 cm³/mol. The van der Waals surface area contributed by atoms with Gasteiger partial charge in [0.2, 0.25) is 5.91 Å². The average molecular weight is 242 g/mol. The number of hydrogen-bond donors (Lipinski definition) is 2. The fourth-order valence-electron chi connectivity index (χ4n) is 2.26. The maximum Gasteiger partial charge on any atom is 0.239 e. The summed E-state index contributed by atoms with van der Waals surface area (Å²) in [6.45, 7) is 6.31. The summed E-state index contributed by atoms with van der Waals surface area (Å²) in [5, 5.41) is 2.95. The van der Waals surface area contributed by atoms with E-state index in [-0.39, 0.29) is 5.91 Å². The minimum absolute atomic E-state index is 0.0218. The molecule has 0 saturated carbocycles. The van der Waals surface area contributed by atoms with Crippen LogP contribution in [-0.2, 0) is 9.53 Å². The minimum atomic E-state index is -0.718. The van der Waals surface area contributed by atoms with Crippen molar-refractivity contribution in [3.05, 3.63) is 0 Å². The summed E-state index contributed by atoms with van der Waals surface area (Å²) in [6.07, 6.45) is 4.93. The first-order valence-corrected chi connectivity index (χ1v) is 6.71. The number of nitrogens with two attached hydrogens (primary N) is 1. The number of amides is 1. The van der Waals surface area contributed by atoms with Gasteiger partial charge >= 0.3 is 0 Å². The standard InChI is InChI=1S/C13H26N2O2/c1-3-7-13(2,14)12(16)15-8-4-11-5-9-17-10-6-11/h11H,3-10,14H2,1-2H3,(H,15,16). The molecule has 4 nitrogen and oxygen atoms in total. The number of carbonyl (C=O) groups excluding carboxylic acids is 1. The smallest absolute Gasteiger partial charge is 0.239 e. The van der Waals surface area contributed by atoms with Gasteiger partial charge in [0, 0.05) is 19.8 Å². The normalized spacial score (nSPS) is 20.9. The van der Waals surface area contributed by atoms with Crippen LogP contribution in [0, 0.1) is 5.92 Å². The quantitative estimate of drug-likeness (QED) is 0.740. The summed E-state index contributed by atoms with van der Waals surface area (Å²) >= 11 is 0. The molecule has 100 valence electrons. The number of nitrogens with one attached hydrogen (secondary N) is 1. The first-order chi connectivity index (χ1) is 8.06. The third kappa shape index (κ3) is 5.04. The molecule has 0 aliphatic carbocycles. The maximum absolute atomic E-state index is 11.8. The second-order valence-corrected chi connectivity index (χ2v) is 5.27. The zero-order valence-electron chi connectivity index (χ0n) is 11.1. The van der Waals surface area contributed by atoms with Gasteiger partial charge < -0.3 is 15.8 Å². The summed E-state index contributed by atoms with van der Waals surface area (Å²) in [5.41, 5.74) is 5.24. The molecule has 1 aliphatic heterocycles. The summed E-state index contributed by atoms with van der Waals surface area (Å²) in [5.74, 6) is 0.672. The molecule has 1 fully saturated rings. The molecule has 1 amide bonds. The van der Waals surface area contributed by atoms with Crippen molar-refractivity contribution in [3.8, 4) is 0 Å². The van der Waals surface area contributed by atoms with Gasteiger partial charge in [0.05, 0.1) is 5.54 Å². The Labute approximate surface area is 104 Å². The number of carbonyl (C=O) groups is 1. The summed E-state index contributed by atoms with van der Waals surface area (Å²) < 4.78 is 5.31. The molecule has 4 heteroatoms. The van der Waals surface area contributed by atoms with E-state index in [4.69, 9.17) is 10.5 Å². The zero-order chi connectivity index (χ0) is 12.7. The van der Waals surface area contributed by atoms with E-state index in [0.29, 0.717) is 5.92 Å². The van der Waals surface area contributed by atoms with Crippen molar-refractivity contribution in [3.63, 3.8) is 0 Å². The van der Waals surface area contributed by atoms with Gasteiger partial charge in [0.1, 0.15) is 0 Å². The van der Waals surface area contributed by atoms with Crippen LogP contribution >= 0.6 is 0 Å². The van der Waals surface area contributed by atoms with Crippen LogP contribution < -0.4 is 11.1 Å². The van der Waals surface area contributed by atoms with Crippen LogP contribution in [0.5, 0.6) is 0 Å². The monoisotopic (exact) mass is 242 g/mol. The topological polar surface area (TPSA) is 64.4 Å². The fraction of sp³-hybridized carbons (Fsp3) is 0.923. The Hall–Kier alpha value is -0.610. The molecule has 17 heavy (non-hydrogen) atoms. The molecule has 3 N–H and O–H groups in total. The molecule has 0 aromatic carbocycles. The third-order valence-electron chi connectivity index (χ3n) is 3.47. The predicted octanol–water partition coefficient (Wildman–Crippen LogP) is 1.44. The van der Waals surface area contributed by atoms with Crippen molar-refractivity contribution >= 4 is 5.91 Å². The molecule has 0 aromatic rings. The number of rotatable bonds is 6. The Kier molecular flexibility index (Phi) is 5.92. The minimum Gasteiger partial charge on any atom is -0.381 e. The van der Waals surface area contributed by atoms with Crippen LogP contribution in [0.3, 0.4) is 0 Å². The van der Waals surface area contributed by atoms with Gasteiger partial charge in [-0.1, -0.05) is 13.3 Å². The Morgan fingerprint density at radius 3 is 2.71 bits per heavy atom. The molecular weight excluding hydrogens is 216 g/mol. The van der Waals surface area contributed by atoms with Gasteiger partial charge in [-0.15, -0.1) is 0 Å². The van der Waals surface area contributed by atoms with Crippen molar-refractivity contribution in [2.45, 2.75) is 51.5 Å². The lowest BCUT2D eigenvalue weighted by atomic mass is 9.95. The maximum atomic E-state index is 11.8. The molecule has 0 aromatic heterocycles. The third-order valence-corrected chi connectivity index (χ3v) is 3.47. The van der Waals surface area contributed by atoms with Gasteiger partial charge in [0.25, 0.3) is 0 Å². The lowest BCUT2D eigenvalue weighted by molar-refractivity contribution is -0.126. The lowest BCUT2D eigenvalue weighted by Gasteiger charge is -2.25. The largest absolute Gasteiger partial charge is 0.381 e. The first kappa shape index (κ1) is 14.5. The highest BCUT2D eigenvalue weighted by Crippen LogP contribution is 2.17. The van der Waals surface area contributed by atoms with Crippen molar-refractivity contribution in [2.24, 2.45) is 11.7 Å². The highest BCUT2D eigenvalue weighted by molar-refractivity contribution is 5.85. The Morgan fingerprint density at radius 1 is 1.47 bits per heavy atom. The van der Waals surface area contributed by atoms with Crippen LogP contribution in [0.15, 0.2) is 0 Å². The molecular formula is C13H26N2O2. The molecule has 0 bridgehead atoms. The van der Waals surface area contributed by atoms with Crippen LogP contribution in [0.4, 0.5) is 0 Å². The van der Waals surface area contributed by atoms with Gasteiger partial charge in [0.15, 0.2) is 0 Å². The number of hydrogen-bond acceptors (Lipinski definition) is 3. The van der Waals surface area contributed by atoms with Crippen molar-refractivity contribution in [2.75, 3.05) is 19.8 Å². The second kappa shape index (κ2) is 6.97. The summed E-state index contributed by atoms with van der Waals surface area (Å²) in [7, 11) is 0. The van der Waals surface area contributed by atoms with Crippen LogP contribution in [-0.4, -0.2) is 31.2 Å². The van der Waals surface area contributed by atoms with E-state index in [1.54, 1.807) is 6.92 Å². The van der Waals surface area contributed by atoms with Gasteiger partial charge in [-0.2, -0.15) is 0 Å². The van der Waals surface area contributed by atoms with Crippen LogP contribution in [0.2, 0.25) is 0 Å². The fourth-order valence-corrected chi connectivity index (χ4v) is 2.26. The van der Waals surface area contributed by atoms with E-state index in [0.717, 1.165) is 51.9 Å². The Morgan fingerprint density at radius 2 is 2.12 bits per heavy atom. The lowest BCUT2D eigenvalue weighted by Crippen LogP contribution is -2.51. The highest BCUT2D eigenvalue weighted by atomic mass is 16.5. The summed E-state index contributed by atoms with van der Waals surface area (Å²) in [6, 6.07) is 0. The zero-order valence-corrected chi connectivity index (χ0v) is 11.1. The van der Waals surface area contributed by atoms with E-state index in [2.05, 4.69) is 5.32 Å². The van der Waals surface area contributed by atoms with Crippen LogP contribution in [0.1, 0.15) is 46.0 Å². The van der Waals surface area contributed by atoms with Crippen molar-refractivity contribution < 1.29 is 9.53 Å². The van der Waals surface area contributed by atoms with E-state index in [1.807, 2.05) is 6.92 Å². The molecule has 0 spiro atoms. The first-order valence-electron chi connectivity index (χ1n) is 6.71. The molecule has 1 aliphatic rings. The van der Waals surface area contributed by atoms with E-state index in [1.165, 1.54) is 0 Å². The van der Waals surface area contributed by atoms with E-state index < -0.39 is 5.54 Å². The molecule has 1 saturated heterocycles. The summed E-state index contributed by atoms with van der Waals surface area (Å²) in [4.78, 5) is 11.8. The van der Waals surface area contributed by atoms with Crippen molar-refractivity contribution in [1.82, 2.24) is 5.32 Å². The molecule has 1 rings (SSSR count). The Bertz CT molecular complexity index is 236. The SMILES string of the molecule is CCCC(C)(N)C(=O)NCCC1CCOCC1. The Balaban J connectivity index is 2.18.